The topological polar surface area (TPSA) is 42.9 Å². The highest BCUT2D eigenvalue weighted by molar-refractivity contribution is 5.93. The summed E-state index contributed by atoms with van der Waals surface area (Å²) in [6.45, 7) is 4.07. The number of carbonyl (C=O) groups is 1. The largest absolute Gasteiger partial charge is 0.298 e. The average Bonchev–Trinajstić information content (AvgIpc) is 2.86. The number of hydrogen-bond acceptors (Lipinski definition) is 3. The molecule has 0 spiro atoms. The van der Waals surface area contributed by atoms with Crippen molar-refractivity contribution in [3.05, 3.63) is 70.8 Å². The Morgan fingerprint density at radius 3 is 2.56 bits per heavy atom. The second-order valence-corrected chi connectivity index (χ2v) is 7.26. The highest BCUT2D eigenvalue weighted by Crippen LogP contribution is 2.39. The van der Waals surface area contributed by atoms with Gasteiger partial charge in [-0.3, -0.25) is 9.78 Å². The van der Waals surface area contributed by atoms with Gasteiger partial charge in [-0.15, -0.1) is 0 Å². The van der Waals surface area contributed by atoms with Crippen LogP contribution in [-0.4, -0.2) is 16.3 Å². The minimum Gasteiger partial charge on any atom is -0.298 e. The summed E-state index contributed by atoms with van der Waals surface area (Å²) in [5.74, 6) is -0.201. The van der Waals surface area contributed by atoms with Crippen LogP contribution in [-0.2, 0) is 12.8 Å². The van der Waals surface area contributed by atoms with Gasteiger partial charge >= 0.3 is 0 Å². The van der Waals surface area contributed by atoms with Gasteiger partial charge in [-0.05, 0) is 65.6 Å². The number of rotatable bonds is 3. The highest BCUT2D eigenvalue weighted by atomic mass is 19.1. The summed E-state index contributed by atoms with van der Waals surface area (Å²) in [5, 5.41) is 0. The van der Waals surface area contributed by atoms with Gasteiger partial charge in [0, 0.05) is 11.8 Å². The molecule has 0 bridgehead atoms. The number of carbonyl (C=O) groups excluding carboxylic acids is 1. The van der Waals surface area contributed by atoms with Crippen molar-refractivity contribution in [1.82, 2.24) is 9.97 Å². The van der Waals surface area contributed by atoms with Crippen LogP contribution in [0.3, 0.4) is 0 Å². The van der Waals surface area contributed by atoms with E-state index in [-0.39, 0.29) is 11.7 Å². The Morgan fingerprint density at radius 1 is 1.07 bits per heavy atom. The van der Waals surface area contributed by atoms with Crippen LogP contribution in [0.25, 0.3) is 22.5 Å². The Hall–Kier alpha value is -2.88. The van der Waals surface area contributed by atoms with Gasteiger partial charge in [0.2, 0.25) is 0 Å². The van der Waals surface area contributed by atoms with Crippen LogP contribution in [0.5, 0.6) is 0 Å². The van der Waals surface area contributed by atoms with Gasteiger partial charge in [0.25, 0.3) is 0 Å². The second-order valence-electron chi connectivity index (χ2n) is 7.26. The Bertz CT molecular complexity index is 1010. The van der Waals surface area contributed by atoms with Crippen LogP contribution in [0.15, 0.2) is 42.6 Å². The molecule has 1 aliphatic carbocycles. The van der Waals surface area contributed by atoms with E-state index in [1.165, 1.54) is 17.7 Å². The zero-order valence-electron chi connectivity index (χ0n) is 15.5. The number of benzene rings is 1. The molecule has 0 fully saturated rings. The SMILES string of the molecule is CC(C)c1nc2c(c(-c3ccc(F)cc3)c1C=O)CCCc1cccnc1-2. The van der Waals surface area contributed by atoms with E-state index in [4.69, 9.17) is 4.98 Å². The van der Waals surface area contributed by atoms with E-state index in [0.29, 0.717) is 5.56 Å². The molecule has 0 saturated heterocycles. The summed E-state index contributed by atoms with van der Waals surface area (Å²) in [6, 6.07) is 10.4. The number of nitrogens with zero attached hydrogens (tertiary/aromatic N) is 2. The molecule has 0 amide bonds. The molecule has 0 atom stereocenters. The van der Waals surface area contributed by atoms with Crippen molar-refractivity contribution >= 4 is 6.29 Å². The van der Waals surface area contributed by atoms with Gasteiger partial charge in [0.1, 0.15) is 5.82 Å². The molecule has 1 aliphatic rings. The molecule has 27 heavy (non-hydrogen) atoms. The Morgan fingerprint density at radius 2 is 1.85 bits per heavy atom. The first kappa shape index (κ1) is 17.5. The van der Waals surface area contributed by atoms with Crippen molar-refractivity contribution in [3.8, 4) is 22.5 Å². The van der Waals surface area contributed by atoms with E-state index in [0.717, 1.165) is 59.3 Å². The minimum absolute atomic E-state index is 0.0881. The second kappa shape index (κ2) is 7.03. The van der Waals surface area contributed by atoms with Gasteiger partial charge in [-0.1, -0.05) is 32.0 Å². The zero-order chi connectivity index (χ0) is 19.0. The maximum Gasteiger partial charge on any atom is 0.152 e. The number of pyridine rings is 2. The molecule has 2 aromatic heterocycles. The van der Waals surface area contributed by atoms with Crippen molar-refractivity contribution in [2.75, 3.05) is 0 Å². The van der Waals surface area contributed by atoms with Gasteiger partial charge in [-0.25, -0.2) is 9.37 Å². The van der Waals surface area contributed by atoms with E-state index < -0.39 is 0 Å². The van der Waals surface area contributed by atoms with Gasteiger partial charge < -0.3 is 0 Å². The lowest BCUT2D eigenvalue weighted by Crippen LogP contribution is -2.09. The van der Waals surface area contributed by atoms with Gasteiger partial charge in [-0.2, -0.15) is 0 Å². The summed E-state index contributed by atoms with van der Waals surface area (Å²) in [5.41, 5.74) is 7.06. The van der Waals surface area contributed by atoms with Crippen molar-refractivity contribution in [1.29, 1.82) is 0 Å². The predicted octanol–water partition coefficient (Wildman–Crippen LogP) is 5.37. The first-order valence-corrected chi connectivity index (χ1v) is 9.32. The summed E-state index contributed by atoms with van der Waals surface area (Å²) in [7, 11) is 0. The fourth-order valence-electron chi connectivity index (χ4n) is 3.91. The molecule has 0 unspecified atom stereocenters. The normalized spacial score (nSPS) is 13.0. The van der Waals surface area contributed by atoms with Crippen LogP contribution < -0.4 is 0 Å². The lowest BCUT2D eigenvalue weighted by atomic mass is 9.88. The molecule has 0 saturated carbocycles. The number of fused-ring (bicyclic) bond motifs is 3. The summed E-state index contributed by atoms with van der Waals surface area (Å²) < 4.78 is 13.5. The number of aldehydes is 1. The first-order valence-electron chi connectivity index (χ1n) is 9.32. The standard InChI is InChI=1S/C23H21FN2O/c1-14(2)21-19(13-27)20(15-8-10-17(24)11-9-15)18-7-3-5-16-6-4-12-25-22(16)23(18)26-21/h4,6,8-14H,3,5,7H2,1-2H3. The fourth-order valence-corrected chi connectivity index (χ4v) is 3.91. The van der Waals surface area contributed by atoms with Crippen LogP contribution in [0.1, 0.15) is 53.4 Å². The van der Waals surface area contributed by atoms with Crippen molar-refractivity contribution in [2.24, 2.45) is 0 Å². The van der Waals surface area contributed by atoms with Crippen LogP contribution in [0, 0.1) is 5.82 Å². The van der Waals surface area contributed by atoms with Crippen LogP contribution in [0.2, 0.25) is 0 Å². The number of aryl methyl sites for hydroxylation is 1. The molecular formula is C23H21FN2O. The summed E-state index contributed by atoms with van der Waals surface area (Å²) in [4.78, 5) is 21.6. The maximum absolute atomic E-state index is 13.5. The molecule has 0 aliphatic heterocycles. The molecule has 4 heteroatoms. The number of hydrogen-bond donors (Lipinski definition) is 0. The minimum atomic E-state index is -0.289. The number of halogens is 1. The predicted molar refractivity (Wildman–Crippen MR) is 104 cm³/mol. The van der Waals surface area contributed by atoms with Crippen molar-refractivity contribution in [2.45, 2.75) is 39.0 Å². The molecule has 2 heterocycles. The van der Waals surface area contributed by atoms with Gasteiger partial charge in [0.15, 0.2) is 6.29 Å². The smallest absolute Gasteiger partial charge is 0.152 e. The number of aromatic nitrogens is 2. The lowest BCUT2D eigenvalue weighted by Gasteiger charge is -2.20. The Kier molecular flexibility index (Phi) is 4.56. The monoisotopic (exact) mass is 360 g/mol. The molecule has 4 rings (SSSR count). The third-order valence-corrected chi connectivity index (χ3v) is 5.15. The van der Waals surface area contributed by atoms with Crippen LogP contribution >= 0.6 is 0 Å². The molecule has 1 aromatic carbocycles. The zero-order valence-corrected chi connectivity index (χ0v) is 15.5. The lowest BCUT2D eigenvalue weighted by molar-refractivity contribution is 0.112. The quantitative estimate of drug-likeness (QED) is 0.589. The summed E-state index contributed by atoms with van der Waals surface area (Å²) >= 11 is 0. The van der Waals surface area contributed by atoms with E-state index in [2.05, 4.69) is 11.1 Å². The van der Waals surface area contributed by atoms with E-state index in [1.807, 2.05) is 19.9 Å². The van der Waals surface area contributed by atoms with E-state index >= 15 is 0 Å². The summed E-state index contributed by atoms with van der Waals surface area (Å²) in [6.07, 6.45) is 5.38. The molecule has 0 radical (unpaired) electrons. The molecule has 136 valence electrons. The molecule has 3 nitrogen and oxygen atoms in total. The Balaban J connectivity index is 2.10. The van der Waals surface area contributed by atoms with Gasteiger partial charge in [0.05, 0.1) is 17.1 Å². The third-order valence-electron chi connectivity index (χ3n) is 5.15. The molecular weight excluding hydrogens is 339 g/mol. The average molecular weight is 360 g/mol. The third kappa shape index (κ3) is 3.05. The van der Waals surface area contributed by atoms with Crippen molar-refractivity contribution < 1.29 is 9.18 Å². The maximum atomic E-state index is 13.5. The fraction of sp³-hybridized carbons (Fsp3) is 0.261. The highest BCUT2D eigenvalue weighted by Gasteiger charge is 2.26. The van der Waals surface area contributed by atoms with E-state index in [9.17, 15) is 9.18 Å². The van der Waals surface area contributed by atoms with E-state index in [1.54, 1.807) is 18.3 Å². The Labute approximate surface area is 158 Å². The van der Waals surface area contributed by atoms with Crippen LogP contribution in [0.4, 0.5) is 4.39 Å². The van der Waals surface area contributed by atoms with Crippen molar-refractivity contribution in [3.63, 3.8) is 0 Å². The first-order chi connectivity index (χ1) is 13.1. The molecule has 0 N–H and O–H groups in total. The molecule has 3 aromatic rings.